The van der Waals surface area contributed by atoms with Crippen LogP contribution in [0.4, 0.5) is 0 Å². The lowest BCUT2D eigenvalue weighted by Gasteiger charge is -2.27. The SMILES string of the molecule is CCCCN(CCCC)CCCN(CCCN(CCCC)CCCC)C(=O)C(N)=O. The van der Waals surface area contributed by atoms with E-state index < -0.39 is 11.8 Å². The van der Waals surface area contributed by atoms with E-state index in [9.17, 15) is 9.59 Å². The van der Waals surface area contributed by atoms with E-state index in [1.165, 1.54) is 51.4 Å². The van der Waals surface area contributed by atoms with Gasteiger partial charge in [-0.2, -0.15) is 0 Å². The number of rotatable bonds is 20. The van der Waals surface area contributed by atoms with Crippen LogP contribution < -0.4 is 5.73 Å². The molecule has 2 amide bonds. The predicted molar refractivity (Wildman–Crippen MR) is 128 cm³/mol. The lowest BCUT2D eigenvalue weighted by Crippen LogP contribution is -2.43. The molecule has 0 saturated carbocycles. The Labute approximate surface area is 186 Å². The summed E-state index contributed by atoms with van der Waals surface area (Å²) in [5, 5.41) is 0. The highest BCUT2D eigenvalue weighted by Crippen LogP contribution is 2.05. The molecule has 0 radical (unpaired) electrons. The van der Waals surface area contributed by atoms with Crippen molar-refractivity contribution in [1.29, 1.82) is 0 Å². The van der Waals surface area contributed by atoms with Gasteiger partial charge < -0.3 is 20.4 Å². The molecule has 6 heteroatoms. The Morgan fingerprint density at radius 2 is 0.833 bits per heavy atom. The van der Waals surface area contributed by atoms with Crippen LogP contribution in [0.25, 0.3) is 0 Å². The third-order valence-electron chi connectivity index (χ3n) is 5.61. The molecule has 0 rings (SSSR count). The molecule has 178 valence electrons. The second-order valence-electron chi connectivity index (χ2n) is 8.46. The summed E-state index contributed by atoms with van der Waals surface area (Å²) in [4.78, 5) is 30.5. The van der Waals surface area contributed by atoms with Gasteiger partial charge in [0.05, 0.1) is 0 Å². The normalized spacial score (nSPS) is 11.4. The first-order valence-corrected chi connectivity index (χ1v) is 12.5. The molecule has 30 heavy (non-hydrogen) atoms. The number of amides is 2. The maximum absolute atomic E-state index is 12.3. The van der Waals surface area contributed by atoms with Crippen molar-refractivity contribution < 1.29 is 9.59 Å². The molecule has 6 nitrogen and oxygen atoms in total. The minimum Gasteiger partial charge on any atom is -0.361 e. The maximum Gasteiger partial charge on any atom is 0.311 e. The van der Waals surface area contributed by atoms with Gasteiger partial charge in [0.2, 0.25) is 0 Å². The van der Waals surface area contributed by atoms with E-state index in [1.54, 1.807) is 4.90 Å². The Morgan fingerprint density at radius 1 is 0.533 bits per heavy atom. The molecule has 0 bridgehead atoms. The molecule has 0 aromatic rings. The van der Waals surface area contributed by atoms with Crippen molar-refractivity contribution in [2.24, 2.45) is 5.73 Å². The van der Waals surface area contributed by atoms with Gasteiger partial charge in [-0.25, -0.2) is 0 Å². The summed E-state index contributed by atoms with van der Waals surface area (Å²) in [6.45, 7) is 16.5. The van der Waals surface area contributed by atoms with Gasteiger partial charge in [-0.05, 0) is 77.8 Å². The monoisotopic (exact) mass is 426 g/mol. The van der Waals surface area contributed by atoms with Crippen molar-refractivity contribution in [2.75, 3.05) is 52.4 Å². The van der Waals surface area contributed by atoms with E-state index in [0.717, 1.165) is 52.1 Å². The fraction of sp³-hybridized carbons (Fsp3) is 0.917. The molecule has 0 heterocycles. The number of hydrogen-bond donors (Lipinski definition) is 1. The van der Waals surface area contributed by atoms with E-state index in [4.69, 9.17) is 5.73 Å². The zero-order valence-corrected chi connectivity index (χ0v) is 20.5. The number of nitrogens with two attached hydrogens (primary N) is 1. The molecule has 0 aromatic carbocycles. The summed E-state index contributed by atoms with van der Waals surface area (Å²) in [5.74, 6) is -1.37. The smallest absolute Gasteiger partial charge is 0.311 e. The molecule has 2 N–H and O–H groups in total. The van der Waals surface area contributed by atoms with Crippen molar-refractivity contribution in [3.8, 4) is 0 Å². The first kappa shape index (κ1) is 28.9. The maximum atomic E-state index is 12.3. The number of unbranched alkanes of at least 4 members (excludes halogenated alkanes) is 4. The first-order valence-electron chi connectivity index (χ1n) is 12.5. The average Bonchev–Trinajstić information content (AvgIpc) is 2.74. The van der Waals surface area contributed by atoms with Gasteiger partial charge in [-0.1, -0.05) is 53.4 Å². The van der Waals surface area contributed by atoms with Crippen molar-refractivity contribution in [1.82, 2.24) is 14.7 Å². The summed E-state index contributed by atoms with van der Waals surface area (Å²) in [6, 6.07) is 0. The first-order chi connectivity index (χ1) is 14.5. The van der Waals surface area contributed by atoms with Gasteiger partial charge in [0.15, 0.2) is 0 Å². The largest absolute Gasteiger partial charge is 0.361 e. The lowest BCUT2D eigenvalue weighted by molar-refractivity contribution is -0.144. The molecule has 0 atom stereocenters. The third-order valence-corrected chi connectivity index (χ3v) is 5.61. The topological polar surface area (TPSA) is 69.9 Å². The molecule has 0 spiro atoms. The predicted octanol–water partition coefficient (Wildman–Crippen LogP) is 3.88. The fourth-order valence-electron chi connectivity index (χ4n) is 3.64. The number of carbonyl (C=O) groups is 2. The standard InChI is InChI=1S/C24H50N4O2/c1-5-9-15-26(16-10-6-2)19-13-21-28(24(30)23(25)29)22-14-20-27(17-11-7-3)18-12-8-4/h5-22H2,1-4H3,(H2,25,29). The number of carbonyl (C=O) groups excluding carboxylic acids is 2. The van der Waals surface area contributed by atoms with E-state index >= 15 is 0 Å². The Bertz CT molecular complexity index is 389. The Morgan fingerprint density at radius 3 is 1.10 bits per heavy atom. The molecular formula is C24H50N4O2. The van der Waals surface area contributed by atoms with Crippen molar-refractivity contribution in [3.63, 3.8) is 0 Å². The van der Waals surface area contributed by atoms with Crippen LogP contribution in [-0.2, 0) is 9.59 Å². The second kappa shape index (κ2) is 19.8. The summed E-state index contributed by atoms with van der Waals surface area (Å²) in [6.07, 6.45) is 11.4. The Kier molecular flexibility index (Phi) is 19.0. The summed E-state index contributed by atoms with van der Waals surface area (Å²) < 4.78 is 0. The van der Waals surface area contributed by atoms with Gasteiger partial charge >= 0.3 is 11.8 Å². The fourth-order valence-corrected chi connectivity index (χ4v) is 3.64. The highest BCUT2D eigenvalue weighted by atomic mass is 16.2. The number of nitrogens with zero attached hydrogens (tertiary/aromatic N) is 3. The van der Waals surface area contributed by atoms with E-state index in [0.29, 0.717) is 13.1 Å². The van der Waals surface area contributed by atoms with Gasteiger partial charge in [0.25, 0.3) is 0 Å². The lowest BCUT2D eigenvalue weighted by atomic mass is 10.2. The van der Waals surface area contributed by atoms with Crippen LogP contribution in [0.1, 0.15) is 91.9 Å². The number of primary amides is 1. The summed E-state index contributed by atoms with van der Waals surface area (Å²) >= 11 is 0. The van der Waals surface area contributed by atoms with Gasteiger partial charge in [0, 0.05) is 13.1 Å². The molecule has 0 aliphatic heterocycles. The molecule has 0 aromatic heterocycles. The minimum atomic E-state index is -0.836. The molecule has 0 unspecified atom stereocenters. The van der Waals surface area contributed by atoms with Gasteiger partial charge in [0.1, 0.15) is 0 Å². The van der Waals surface area contributed by atoms with Crippen LogP contribution >= 0.6 is 0 Å². The van der Waals surface area contributed by atoms with Crippen molar-refractivity contribution in [3.05, 3.63) is 0 Å². The highest BCUT2D eigenvalue weighted by Gasteiger charge is 2.19. The quantitative estimate of drug-likeness (QED) is 0.300. The van der Waals surface area contributed by atoms with E-state index in [1.807, 2.05) is 0 Å². The Hall–Kier alpha value is -1.14. The zero-order valence-electron chi connectivity index (χ0n) is 20.5. The van der Waals surface area contributed by atoms with Crippen LogP contribution in [0.15, 0.2) is 0 Å². The molecule has 0 aliphatic carbocycles. The van der Waals surface area contributed by atoms with Gasteiger partial charge in [-0.3, -0.25) is 9.59 Å². The summed E-state index contributed by atoms with van der Waals surface area (Å²) in [7, 11) is 0. The van der Waals surface area contributed by atoms with Crippen LogP contribution in [0, 0.1) is 0 Å². The van der Waals surface area contributed by atoms with Crippen LogP contribution in [0.5, 0.6) is 0 Å². The summed E-state index contributed by atoms with van der Waals surface area (Å²) in [5.41, 5.74) is 5.31. The molecule has 0 fully saturated rings. The second-order valence-corrected chi connectivity index (χ2v) is 8.46. The molecule has 0 saturated heterocycles. The Balaban J connectivity index is 4.60. The third kappa shape index (κ3) is 14.8. The van der Waals surface area contributed by atoms with Crippen molar-refractivity contribution in [2.45, 2.75) is 91.9 Å². The van der Waals surface area contributed by atoms with Crippen LogP contribution in [0.2, 0.25) is 0 Å². The van der Waals surface area contributed by atoms with Crippen molar-refractivity contribution >= 4 is 11.8 Å². The van der Waals surface area contributed by atoms with E-state index in [2.05, 4.69) is 37.5 Å². The van der Waals surface area contributed by atoms with Gasteiger partial charge in [-0.15, -0.1) is 0 Å². The average molecular weight is 427 g/mol. The van der Waals surface area contributed by atoms with Crippen LogP contribution in [0.3, 0.4) is 0 Å². The molecule has 0 aliphatic rings. The zero-order chi connectivity index (χ0) is 22.6. The number of hydrogen-bond acceptors (Lipinski definition) is 4. The van der Waals surface area contributed by atoms with Crippen LogP contribution in [-0.4, -0.2) is 78.9 Å². The minimum absolute atomic E-state index is 0.530. The molecular weight excluding hydrogens is 376 g/mol. The van der Waals surface area contributed by atoms with E-state index in [-0.39, 0.29) is 0 Å². The highest BCUT2D eigenvalue weighted by molar-refractivity contribution is 6.34.